The molecule has 1 N–H and O–H groups in total. The Hall–Kier alpha value is -1.55. The molecule has 0 saturated heterocycles. The van der Waals surface area contributed by atoms with E-state index in [0.29, 0.717) is 24.8 Å². The van der Waals surface area contributed by atoms with Gasteiger partial charge in [0.2, 0.25) is 0 Å². The van der Waals surface area contributed by atoms with Crippen LogP contribution in [0, 0.1) is 0 Å². The maximum Gasteiger partial charge on any atom is 0.258 e. The SMILES string of the molecule is COCCNC(=O)COc1ccc(C(C)C)cc1. The normalized spacial score (nSPS) is 10.4. The van der Waals surface area contributed by atoms with E-state index in [-0.39, 0.29) is 12.5 Å². The van der Waals surface area contributed by atoms with Crippen LogP contribution < -0.4 is 10.1 Å². The molecule has 0 aliphatic carbocycles. The lowest BCUT2D eigenvalue weighted by atomic mass is 10.0. The number of hydrogen-bond donors (Lipinski definition) is 1. The van der Waals surface area contributed by atoms with Crippen molar-refractivity contribution >= 4 is 5.91 Å². The van der Waals surface area contributed by atoms with Crippen molar-refractivity contribution in [3.63, 3.8) is 0 Å². The van der Waals surface area contributed by atoms with Gasteiger partial charge in [-0.3, -0.25) is 4.79 Å². The molecule has 0 bridgehead atoms. The zero-order chi connectivity index (χ0) is 13.4. The molecular formula is C14H21NO3. The van der Waals surface area contributed by atoms with Crippen LogP contribution in [0.1, 0.15) is 25.3 Å². The number of benzene rings is 1. The van der Waals surface area contributed by atoms with Crippen molar-refractivity contribution in [2.24, 2.45) is 0 Å². The van der Waals surface area contributed by atoms with Gasteiger partial charge in [-0.2, -0.15) is 0 Å². The molecule has 0 atom stereocenters. The van der Waals surface area contributed by atoms with Gasteiger partial charge in [0.1, 0.15) is 5.75 Å². The minimum Gasteiger partial charge on any atom is -0.484 e. The zero-order valence-electron chi connectivity index (χ0n) is 11.2. The Balaban J connectivity index is 2.32. The molecule has 0 unspecified atom stereocenters. The van der Waals surface area contributed by atoms with Gasteiger partial charge in [-0.05, 0) is 23.6 Å². The van der Waals surface area contributed by atoms with Crippen LogP contribution in [0.4, 0.5) is 0 Å². The van der Waals surface area contributed by atoms with Crippen molar-refractivity contribution in [1.82, 2.24) is 5.32 Å². The first-order chi connectivity index (χ1) is 8.63. The molecule has 0 aliphatic rings. The highest BCUT2D eigenvalue weighted by molar-refractivity contribution is 5.77. The number of nitrogens with one attached hydrogen (secondary N) is 1. The fourth-order valence-corrected chi connectivity index (χ4v) is 1.44. The number of rotatable bonds is 7. The summed E-state index contributed by atoms with van der Waals surface area (Å²) in [6, 6.07) is 7.81. The number of hydrogen-bond acceptors (Lipinski definition) is 3. The first-order valence-corrected chi connectivity index (χ1v) is 6.12. The molecule has 1 aromatic rings. The van der Waals surface area contributed by atoms with Gasteiger partial charge in [-0.25, -0.2) is 0 Å². The van der Waals surface area contributed by atoms with Crippen molar-refractivity contribution in [3.8, 4) is 5.75 Å². The Morgan fingerprint density at radius 1 is 1.28 bits per heavy atom. The molecule has 0 saturated carbocycles. The molecule has 1 aromatic carbocycles. The minimum atomic E-state index is -0.139. The van der Waals surface area contributed by atoms with E-state index < -0.39 is 0 Å². The molecule has 100 valence electrons. The predicted molar refractivity (Wildman–Crippen MR) is 70.9 cm³/mol. The van der Waals surface area contributed by atoms with E-state index in [2.05, 4.69) is 19.2 Å². The third-order valence-electron chi connectivity index (χ3n) is 2.55. The van der Waals surface area contributed by atoms with Gasteiger partial charge < -0.3 is 14.8 Å². The van der Waals surface area contributed by atoms with Crippen molar-refractivity contribution in [2.75, 3.05) is 26.9 Å². The molecule has 1 rings (SSSR count). The highest BCUT2D eigenvalue weighted by atomic mass is 16.5. The van der Waals surface area contributed by atoms with Gasteiger partial charge in [0, 0.05) is 13.7 Å². The Kier molecular flexibility index (Phi) is 6.22. The summed E-state index contributed by atoms with van der Waals surface area (Å²) in [7, 11) is 1.60. The van der Waals surface area contributed by atoms with Crippen LogP contribution in [-0.4, -0.2) is 32.8 Å². The van der Waals surface area contributed by atoms with Crippen LogP contribution in [0.3, 0.4) is 0 Å². The summed E-state index contributed by atoms with van der Waals surface area (Å²) >= 11 is 0. The number of methoxy groups -OCH3 is 1. The van der Waals surface area contributed by atoms with E-state index in [4.69, 9.17) is 9.47 Å². The van der Waals surface area contributed by atoms with Gasteiger partial charge >= 0.3 is 0 Å². The van der Waals surface area contributed by atoms with Crippen molar-refractivity contribution in [2.45, 2.75) is 19.8 Å². The molecule has 4 nitrogen and oxygen atoms in total. The lowest BCUT2D eigenvalue weighted by Gasteiger charge is -2.09. The largest absolute Gasteiger partial charge is 0.484 e. The summed E-state index contributed by atoms with van der Waals surface area (Å²) in [6.07, 6.45) is 0. The fraction of sp³-hybridized carbons (Fsp3) is 0.500. The van der Waals surface area contributed by atoms with Crippen molar-refractivity contribution < 1.29 is 14.3 Å². The molecule has 0 aromatic heterocycles. The van der Waals surface area contributed by atoms with E-state index in [9.17, 15) is 4.79 Å². The second-order valence-corrected chi connectivity index (χ2v) is 4.36. The Morgan fingerprint density at radius 3 is 2.50 bits per heavy atom. The third-order valence-corrected chi connectivity index (χ3v) is 2.55. The Bertz CT molecular complexity index is 360. The summed E-state index contributed by atoms with van der Waals surface area (Å²) in [5, 5.41) is 2.69. The average molecular weight is 251 g/mol. The summed E-state index contributed by atoms with van der Waals surface area (Å²) in [5.74, 6) is 1.07. The van der Waals surface area contributed by atoms with Crippen LogP contribution in [0.5, 0.6) is 5.75 Å². The van der Waals surface area contributed by atoms with Crippen LogP contribution in [0.15, 0.2) is 24.3 Å². The number of amides is 1. The van der Waals surface area contributed by atoms with Crippen LogP contribution in [0.2, 0.25) is 0 Å². The Morgan fingerprint density at radius 2 is 1.94 bits per heavy atom. The molecule has 0 radical (unpaired) electrons. The number of carbonyl (C=O) groups excluding carboxylic acids is 1. The number of carbonyl (C=O) groups is 1. The van der Waals surface area contributed by atoms with Crippen LogP contribution in [-0.2, 0) is 9.53 Å². The van der Waals surface area contributed by atoms with Crippen molar-refractivity contribution in [3.05, 3.63) is 29.8 Å². The summed E-state index contributed by atoms with van der Waals surface area (Å²) in [6.45, 7) is 5.32. The van der Waals surface area contributed by atoms with Crippen LogP contribution in [0.25, 0.3) is 0 Å². The van der Waals surface area contributed by atoms with E-state index in [1.165, 1.54) is 5.56 Å². The molecule has 0 aliphatic heterocycles. The second kappa shape index (κ2) is 7.71. The maximum atomic E-state index is 11.4. The smallest absolute Gasteiger partial charge is 0.258 e. The molecule has 18 heavy (non-hydrogen) atoms. The molecule has 0 spiro atoms. The Labute approximate surface area is 108 Å². The van der Waals surface area contributed by atoms with Gasteiger partial charge in [-0.15, -0.1) is 0 Å². The zero-order valence-corrected chi connectivity index (χ0v) is 11.2. The van der Waals surface area contributed by atoms with E-state index >= 15 is 0 Å². The first kappa shape index (κ1) is 14.5. The standard InChI is InChI=1S/C14H21NO3/c1-11(2)12-4-6-13(7-5-12)18-10-14(16)15-8-9-17-3/h4-7,11H,8-10H2,1-3H3,(H,15,16). The minimum absolute atomic E-state index is 0.0325. The van der Waals surface area contributed by atoms with Gasteiger partial charge in [0.25, 0.3) is 5.91 Å². The molecule has 1 amide bonds. The van der Waals surface area contributed by atoms with Gasteiger partial charge in [0.15, 0.2) is 6.61 Å². The lowest BCUT2D eigenvalue weighted by molar-refractivity contribution is -0.123. The summed E-state index contributed by atoms with van der Waals surface area (Å²) in [5.41, 5.74) is 1.26. The first-order valence-electron chi connectivity index (χ1n) is 6.12. The molecule has 4 heteroatoms. The van der Waals surface area contributed by atoms with E-state index in [1.807, 2.05) is 24.3 Å². The van der Waals surface area contributed by atoms with Gasteiger partial charge in [-0.1, -0.05) is 26.0 Å². The second-order valence-electron chi connectivity index (χ2n) is 4.36. The van der Waals surface area contributed by atoms with Crippen molar-refractivity contribution in [1.29, 1.82) is 0 Å². The molecule has 0 heterocycles. The van der Waals surface area contributed by atoms with Gasteiger partial charge in [0.05, 0.1) is 6.61 Å². The number of ether oxygens (including phenoxy) is 2. The third kappa shape index (κ3) is 5.19. The van der Waals surface area contributed by atoms with E-state index in [1.54, 1.807) is 7.11 Å². The predicted octanol–water partition coefficient (Wildman–Crippen LogP) is 1.95. The highest BCUT2D eigenvalue weighted by Crippen LogP contribution is 2.18. The van der Waals surface area contributed by atoms with Crippen LogP contribution >= 0.6 is 0 Å². The summed E-state index contributed by atoms with van der Waals surface area (Å²) < 4.78 is 10.2. The highest BCUT2D eigenvalue weighted by Gasteiger charge is 2.03. The maximum absolute atomic E-state index is 11.4. The lowest BCUT2D eigenvalue weighted by Crippen LogP contribution is -2.31. The monoisotopic (exact) mass is 251 g/mol. The quantitative estimate of drug-likeness (QED) is 0.753. The van der Waals surface area contributed by atoms with E-state index in [0.717, 1.165) is 0 Å². The fourth-order valence-electron chi connectivity index (χ4n) is 1.44. The molecule has 0 fully saturated rings. The summed E-state index contributed by atoms with van der Waals surface area (Å²) in [4.78, 5) is 11.4. The topological polar surface area (TPSA) is 47.6 Å². The average Bonchev–Trinajstić information content (AvgIpc) is 2.37. The molecular weight excluding hydrogens is 230 g/mol.